The molecule has 0 aliphatic carbocycles. The Morgan fingerprint density at radius 2 is 1.73 bits per heavy atom. The zero-order chi connectivity index (χ0) is 11.3. The molecule has 1 heteroatoms. The average molecular weight is 201 g/mol. The van der Waals surface area contributed by atoms with Crippen molar-refractivity contribution in [1.29, 1.82) is 0 Å². The van der Waals surface area contributed by atoms with Crippen molar-refractivity contribution in [3.05, 3.63) is 42.0 Å². The molecule has 0 fully saturated rings. The molecule has 80 valence electrons. The summed E-state index contributed by atoms with van der Waals surface area (Å²) in [6, 6.07) is 10.3. The molecule has 0 aromatic heterocycles. The predicted molar refractivity (Wildman–Crippen MR) is 68.3 cm³/mol. The van der Waals surface area contributed by atoms with Crippen LogP contribution in [0.25, 0.3) is 6.08 Å². The molecule has 0 unspecified atom stereocenters. The number of allylic oxidation sites excluding steroid dienone is 1. The van der Waals surface area contributed by atoms with Gasteiger partial charge < -0.3 is 0 Å². The van der Waals surface area contributed by atoms with Gasteiger partial charge in [0, 0.05) is 5.71 Å². The maximum absolute atomic E-state index is 4.55. The molecule has 0 saturated heterocycles. The number of benzene rings is 1. The molecule has 1 aromatic carbocycles. The number of nitrogens with zero attached hydrogens (tertiary/aromatic N) is 1. The highest BCUT2D eigenvalue weighted by Gasteiger charge is 2.05. The summed E-state index contributed by atoms with van der Waals surface area (Å²) in [6.07, 6.45) is 4.14. The van der Waals surface area contributed by atoms with Gasteiger partial charge in [-0.1, -0.05) is 36.4 Å². The average Bonchev–Trinajstić information content (AvgIpc) is 2.14. The van der Waals surface area contributed by atoms with Gasteiger partial charge in [0.1, 0.15) is 0 Å². The molecule has 0 atom stereocenters. The van der Waals surface area contributed by atoms with Crippen molar-refractivity contribution < 1.29 is 0 Å². The second kappa shape index (κ2) is 4.92. The third kappa shape index (κ3) is 5.16. The first-order valence-electron chi connectivity index (χ1n) is 5.27. The minimum absolute atomic E-state index is 0.00507. The summed E-state index contributed by atoms with van der Waals surface area (Å²) in [6.45, 7) is 8.34. The summed E-state index contributed by atoms with van der Waals surface area (Å²) in [5.74, 6) is 0. The molecular weight excluding hydrogens is 182 g/mol. The monoisotopic (exact) mass is 201 g/mol. The molecule has 0 N–H and O–H groups in total. The maximum Gasteiger partial charge on any atom is 0.0527 e. The van der Waals surface area contributed by atoms with Crippen molar-refractivity contribution in [1.82, 2.24) is 0 Å². The van der Waals surface area contributed by atoms with Crippen LogP contribution in [0.15, 0.2) is 41.4 Å². The maximum atomic E-state index is 4.55. The standard InChI is InChI=1S/C14H19N/c1-12(15-14(2,3)4)10-11-13-8-6-5-7-9-13/h5-11H,1-4H3/b11-10-,15-12?. The summed E-state index contributed by atoms with van der Waals surface area (Å²) in [4.78, 5) is 4.55. The van der Waals surface area contributed by atoms with E-state index in [4.69, 9.17) is 0 Å². The van der Waals surface area contributed by atoms with E-state index in [1.165, 1.54) is 5.56 Å². The summed E-state index contributed by atoms with van der Waals surface area (Å²) in [5, 5.41) is 0. The lowest BCUT2D eigenvalue weighted by Crippen LogP contribution is -2.11. The Kier molecular flexibility index (Phi) is 3.84. The lowest BCUT2D eigenvalue weighted by Gasteiger charge is -2.12. The van der Waals surface area contributed by atoms with Crippen molar-refractivity contribution in [2.45, 2.75) is 33.2 Å². The lowest BCUT2D eigenvalue weighted by molar-refractivity contribution is 0.584. The van der Waals surface area contributed by atoms with Crippen LogP contribution in [-0.2, 0) is 0 Å². The first-order chi connectivity index (χ1) is 6.97. The van der Waals surface area contributed by atoms with Crippen LogP contribution in [-0.4, -0.2) is 11.3 Å². The van der Waals surface area contributed by atoms with Crippen molar-refractivity contribution in [2.75, 3.05) is 0 Å². The molecule has 15 heavy (non-hydrogen) atoms. The van der Waals surface area contributed by atoms with Crippen LogP contribution >= 0.6 is 0 Å². The molecule has 1 rings (SSSR count). The molecular formula is C14H19N. The number of rotatable bonds is 2. The van der Waals surface area contributed by atoms with Crippen LogP contribution in [0.2, 0.25) is 0 Å². The van der Waals surface area contributed by atoms with Gasteiger partial charge in [0.05, 0.1) is 5.54 Å². The van der Waals surface area contributed by atoms with Gasteiger partial charge in [-0.3, -0.25) is 4.99 Å². The topological polar surface area (TPSA) is 12.4 Å². The Bertz CT molecular complexity index is 353. The van der Waals surface area contributed by atoms with Crippen LogP contribution in [0.1, 0.15) is 33.3 Å². The molecule has 0 aliphatic rings. The van der Waals surface area contributed by atoms with Crippen molar-refractivity contribution >= 4 is 11.8 Å². The van der Waals surface area contributed by atoms with Crippen LogP contribution in [0.5, 0.6) is 0 Å². The van der Waals surface area contributed by atoms with E-state index in [2.05, 4.69) is 50.0 Å². The van der Waals surface area contributed by atoms with E-state index in [1.54, 1.807) is 0 Å². The molecule has 0 bridgehead atoms. The fourth-order valence-electron chi connectivity index (χ4n) is 1.35. The molecule has 0 radical (unpaired) electrons. The van der Waals surface area contributed by atoms with Gasteiger partial charge in [0.15, 0.2) is 0 Å². The van der Waals surface area contributed by atoms with Crippen LogP contribution in [0.3, 0.4) is 0 Å². The second-order valence-electron chi connectivity index (χ2n) is 4.67. The Hall–Kier alpha value is -1.37. The van der Waals surface area contributed by atoms with E-state index in [9.17, 15) is 0 Å². The molecule has 0 amide bonds. The Morgan fingerprint density at radius 3 is 2.27 bits per heavy atom. The number of hydrogen-bond acceptors (Lipinski definition) is 1. The van der Waals surface area contributed by atoms with Gasteiger partial charge in [-0.05, 0) is 39.3 Å². The van der Waals surface area contributed by atoms with Crippen LogP contribution < -0.4 is 0 Å². The third-order valence-electron chi connectivity index (χ3n) is 1.83. The summed E-state index contributed by atoms with van der Waals surface area (Å²) >= 11 is 0. The molecule has 0 spiro atoms. The van der Waals surface area contributed by atoms with Gasteiger partial charge in [-0.2, -0.15) is 0 Å². The van der Waals surface area contributed by atoms with Crippen LogP contribution in [0.4, 0.5) is 0 Å². The van der Waals surface area contributed by atoms with Crippen molar-refractivity contribution in [3.63, 3.8) is 0 Å². The molecule has 0 saturated carbocycles. The van der Waals surface area contributed by atoms with Crippen molar-refractivity contribution in [3.8, 4) is 0 Å². The smallest absolute Gasteiger partial charge is 0.0527 e. The predicted octanol–water partition coefficient (Wildman–Crippen LogP) is 3.96. The normalized spacial score (nSPS) is 13.5. The molecule has 1 aromatic rings. The molecule has 1 nitrogen and oxygen atoms in total. The fourth-order valence-corrected chi connectivity index (χ4v) is 1.35. The summed E-state index contributed by atoms with van der Waals surface area (Å²) in [7, 11) is 0. The fraction of sp³-hybridized carbons (Fsp3) is 0.357. The zero-order valence-electron chi connectivity index (χ0n) is 9.99. The highest BCUT2D eigenvalue weighted by atomic mass is 14.8. The Labute approximate surface area is 92.6 Å². The third-order valence-corrected chi connectivity index (χ3v) is 1.83. The highest BCUT2D eigenvalue weighted by molar-refractivity contribution is 5.96. The van der Waals surface area contributed by atoms with E-state index in [0.717, 1.165) is 5.71 Å². The molecule has 0 aliphatic heterocycles. The van der Waals surface area contributed by atoms with E-state index >= 15 is 0 Å². The Balaban J connectivity index is 2.71. The van der Waals surface area contributed by atoms with Crippen LogP contribution in [0, 0.1) is 0 Å². The first kappa shape index (κ1) is 11.7. The quantitative estimate of drug-likeness (QED) is 0.642. The van der Waals surface area contributed by atoms with E-state index in [-0.39, 0.29) is 5.54 Å². The first-order valence-corrected chi connectivity index (χ1v) is 5.27. The summed E-state index contributed by atoms with van der Waals surface area (Å²) < 4.78 is 0. The lowest BCUT2D eigenvalue weighted by atomic mass is 10.1. The van der Waals surface area contributed by atoms with Gasteiger partial charge in [0.2, 0.25) is 0 Å². The van der Waals surface area contributed by atoms with Gasteiger partial charge in [0.25, 0.3) is 0 Å². The zero-order valence-corrected chi connectivity index (χ0v) is 9.99. The van der Waals surface area contributed by atoms with E-state index in [1.807, 2.05) is 25.1 Å². The van der Waals surface area contributed by atoms with Gasteiger partial charge in [-0.15, -0.1) is 0 Å². The SMILES string of the molecule is CC(/C=C\c1ccccc1)=NC(C)(C)C. The van der Waals surface area contributed by atoms with Crippen molar-refractivity contribution in [2.24, 2.45) is 4.99 Å². The Morgan fingerprint density at radius 1 is 1.13 bits per heavy atom. The number of hydrogen-bond donors (Lipinski definition) is 0. The number of aliphatic imine (C=N–C) groups is 1. The minimum atomic E-state index is 0.00507. The molecule has 0 heterocycles. The summed E-state index contributed by atoms with van der Waals surface area (Å²) in [5.41, 5.74) is 2.28. The van der Waals surface area contributed by atoms with Gasteiger partial charge in [-0.25, -0.2) is 0 Å². The van der Waals surface area contributed by atoms with E-state index in [0.29, 0.717) is 0 Å². The second-order valence-corrected chi connectivity index (χ2v) is 4.67. The van der Waals surface area contributed by atoms with Gasteiger partial charge >= 0.3 is 0 Å². The highest BCUT2D eigenvalue weighted by Crippen LogP contribution is 2.08. The minimum Gasteiger partial charge on any atom is -0.284 e. The largest absolute Gasteiger partial charge is 0.284 e. The van der Waals surface area contributed by atoms with E-state index < -0.39 is 0 Å².